The first-order chi connectivity index (χ1) is 12.2. The van der Waals surface area contributed by atoms with Gasteiger partial charge in [-0.1, -0.05) is 0 Å². The van der Waals surface area contributed by atoms with E-state index in [0.717, 1.165) is 34.0 Å². The number of benzene rings is 1. The summed E-state index contributed by atoms with van der Waals surface area (Å²) in [5, 5.41) is 3.01. The Labute approximate surface area is 149 Å². The van der Waals surface area contributed by atoms with Gasteiger partial charge in [0.1, 0.15) is 28.8 Å². The molecule has 6 nitrogen and oxygen atoms in total. The van der Waals surface area contributed by atoms with Crippen LogP contribution in [0.15, 0.2) is 42.0 Å². The Bertz CT molecular complexity index is 909. The minimum absolute atomic E-state index is 0.0680. The molecule has 3 aromatic rings. The molecule has 0 aliphatic carbocycles. The molecule has 0 N–H and O–H groups in total. The zero-order chi connectivity index (χ0) is 17.4. The normalized spacial score (nSPS) is 18.0. The van der Waals surface area contributed by atoms with Gasteiger partial charge in [-0.15, -0.1) is 11.3 Å². The first-order valence-electron chi connectivity index (χ1n) is 8.09. The zero-order valence-electron chi connectivity index (χ0n) is 14.0. The summed E-state index contributed by atoms with van der Waals surface area (Å²) in [6, 6.07) is 9.32. The van der Waals surface area contributed by atoms with Crippen LogP contribution in [-0.4, -0.2) is 42.1 Å². The van der Waals surface area contributed by atoms with Crippen molar-refractivity contribution in [2.24, 2.45) is 0 Å². The van der Waals surface area contributed by atoms with Crippen LogP contribution in [-0.2, 0) is 4.79 Å². The Kier molecular flexibility index (Phi) is 4.01. The molecule has 1 aromatic carbocycles. The van der Waals surface area contributed by atoms with E-state index in [1.54, 1.807) is 24.8 Å². The molecule has 0 radical (unpaired) electrons. The van der Waals surface area contributed by atoms with Gasteiger partial charge in [-0.25, -0.2) is 9.97 Å². The van der Waals surface area contributed by atoms with Gasteiger partial charge in [0.05, 0.1) is 12.5 Å². The first-order valence-corrected chi connectivity index (χ1v) is 8.97. The van der Waals surface area contributed by atoms with Crippen molar-refractivity contribution in [3.05, 3.63) is 42.0 Å². The van der Waals surface area contributed by atoms with E-state index < -0.39 is 0 Å². The van der Waals surface area contributed by atoms with E-state index in [1.165, 1.54) is 0 Å². The third-order valence-corrected chi connectivity index (χ3v) is 5.37. The smallest absolute Gasteiger partial charge is 0.249 e. The molecule has 4 rings (SSSR count). The number of ether oxygens (including phenoxy) is 1. The highest BCUT2D eigenvalue weighted by molar-refractivity contribution is 7.16. The van der Waals surface area contributed by atoms with Crippen molar-refractivity contribution < 1.29 is 9.53 Å². The molecule has 1 unspecified atom stereocenters. The first kappa shape index (κ1) is 15.8. The van der Waals surface area contributed by atoms with Gasteiger partial charge in [-0.05, 0) is 42.6 Å². The number of anilines is 2. The number of rotatable bonds is 3. The second-order valence-electron chi connectivity index (χ2n) is 5.89. The molecule has 3 heterocycles. The quantitative estimate of drug-likeness (QED) is 0.724. The monoisotopic (exact) mass is 354 g/mol. The molecule has 1 aliphatic heterocycles. The van der Waals surface area contributed by atoms with E-state index in [4.69, 9.17) is 4.74 Å². The Morgan fingerprint density at radius 2 is 1.96 bits per heavy atom. The number of carbonyl (C=O) groups excluding carboxylic acids is 1. The summed E-state index contributed by atoms with van der Waals surface area (Å²) in [4.78, 5) is 26.5. The number of nitrogens with zero attached hydrogens (tertiary/aromatic N) is 4. The lowest BCUT2D eigenvalue weighted by molar-refractivity contribution is -0.120. The largest absolute Gasteiger partial charge is 0.497 e. The average molecular weight is 354 g/mol. The van der Waals surface area contributed by atoms with Crippen LogP contribution < -0.4 is 14.5 Å². The van der Waals surface area contributed by atoms with Crippen LogP contribution in [0.5, 0.6) is 5.75 Å². The molecule has 1 atom stereocenters. The van der Waals surface area contributed by atoms with Crippen LogP contribution in [0, 0.1) is 0 Å². The molecular weight excluding hydrogens is 336 g/mol. The summed E-state index contributed by atoms with van der Waals surface area (Å²) in [7, 11) is 1.63. The molecule has 7 heteroatoms. The molecule has 25 heavy (non-hydrogen) atoms. The fourth-order valence-electron chi connectivity index (χ4n) is 3.18. The number of methoxy groups -OCH3 is 1. The van der Waals surface area contributed by atoms with Gasteiger partial charge in [0.15, 0.2) is 0 Å². The molecule has 1 aliphatic rings. The summed E-state index contributed by atoms with van der Waals surface area (Å²) in [5.74, 6) is 1.68. The Morgan fingerprint density at radius 1 is 1.16 bits per heavy atom. The highest BCUT2D eigenvalue weighted by atomic mass is 32.1. The number of aromatic nitrogens is 2. The average Bonchev–Trinajstić information content (AvgIpc) is 3.13. The van der Waals surface area contributed by atoms with Gasteiger partial charge < -0.3 is 14.5 Å². The SMILES string of the molecule is COc1ccc(N2CCN(c3ncnc4sccc34)C(C)C2=O)cc1. The number of hydrogen-bond donors (Lipinski definition) is 0. The molecule has 1 saturated heterocycles. The minimum Gasteiger partial charge on any atom is -0.497 e. The molecule has 0 saturated carbocycles. The predicted molar refractivity (Wildman–Crippen MR) is 99.6 cm³/mol. The maximum Gasteiger partial charge on any atom is 0.249 e. The van der Waals surface area contributed by atoms with Gasteiger partial charge in [-0.2, -0.15) is 0 Å². The summed E-state index contributed by atoms with van der Waals surface area (Å²) < 4.78 is 5.19. The van der Waals surface area contributed by atoms with Crippen LogP contribution in [0.25, 0.3) is 10.2 Å². The van der Waals surface area contributed by atoms with E-state index in [1.807, 2.05) is 47.5 Å². The second-order valence-corrected chi connectivity index (χ2v) is 6.79. The minimum atomic E-state index is -0.283. The van der Waals surface area contributed by atoms with Crippen LogP contribution in [0.3, 0.4) is 0 Å². The van der Waals surface area contributed by atoms with Crippen molar-refractivity contribution in [2.75, 3.05) is 30.0 Å². The van der Waals surface area contributed by atoms with Gasteiger partial charge in [0.2, 0.25) is 5.91 Å². The fourth-order valence-corrected chi connectivity index (χ4v) is 3.91. The highest BCUT2D eigenvalue weighted by Crippen LogP contribution is 2.31. The third-order valence-electron chi connectivity index (χ3n) is 4.55. The Hall–Kier alpha value is -2.67. The molecule has 0 bridgehead atoms. The van der Waals surface area contributed by atoms with E-state index in [-0.39, 0.29) is 11.9 Å². The van der Waals surface area contributed by atoms with Crippen LogP contribution in [0.1, 0.15) is 6.92 Å². The number of hydrogen-bond acceptors (Lipinski definition) is 6. The molecule has 1 amide bonds. The number of fused-ring (bicyclic) bond motifs is 1. The zero-order valence-corrected chi connectivity index (χ0v) is 14.9. The fraction of sp³-hybridized carbons (Fsp3) is 0.278. The lowest BCUT2D eigenvalue weighted by Crippen LogP contribution is -2.56. The third kappa shape index (κ3) is 2.70. The molecule has 0 spiro atoms. The molecule has 128 valence electrons. The van der Waals surface area contributed by atoms with Crippen LogP contribution in [0.4, 0.5) is 11.5 Å². The summed E-state index contributed by atoms with van der Waals surface area (Å²) in [6.07, 6.45) is 1.57. The topological polar surface area (TPSA) is 58.6 Å². The predicted octanol–water partition coefficient (Wildman–Crippen LogP) is 2.94. The van der Waals surface area contributed by atoms with Gasteiger partial charge in [-0.3, -0.25) is 4.79 Å². The van der Waals surface area contributed by atoms with Crippen molar-refractivity contribution in [1.29, 1.82) is 0 Å². The highest BCUT2D eigenvalue weighted by Gasteiger charge is 2.33. The Morgan fingerprint density at radius 3 is 2.72 bits per heavy atom. The van der Waals surface area contributed by atoms with Crippen molar-refractivity contribution >= 4 is 39.0 Å². The lowest BCUT2D eigenvalue weighted by Gasteiger charge is -2.40. The maximum atomic E-state index is 13.0. The maximum absolute atomic E-state index is 13.0. The van der Waals surface area contributed by atoms with E-state index in [0.29, 0.717) is 6.54 Å². The number of thiophene rings is 1. The van der Waals surface area contributed by atoms with Crippen molar-refractivity contribution in [2.45, 2.75) is 13.0 Å². The number of amides is 1. The standard InChI is InChI=1S/C18H18N4O2S/c1-12-18(23)22(13-3-5-14(24-2)6-4-13)9-8-21(12)16-15-7-10-25-17(15)20-11-19-16/h3-7,10-12H,8-9H2,1-2H3. The van der Waals surface area contributed by atoms with Gasteiger partial charge in [0.25, 0.3) is 0 Å². The number of carbonyl (C=O) groups is 1. The number of piperazine rings is 1. The van der Waals surface area contributed by atoms with Crippen molar-refractivity contribution in [1.82, 2.24) is 9.97 Å². The summed E-state index contributed by atoms with van der Waals surface area (Å²) in [5.41, 5.74) is 0.890. The van der Waals surface area contributed by atoms with Crippen molar-refractivity contribution in [3.63, 3.8) is 0 Å². The van der Waals surface area contributed by atoms with E-state index >= 15 is 0 Å². The molecule has 2 aromatic heterocycles. The molecular formula is C18H18N4O2S. The van der Waals surface area contributed by atoms with E-state index in [9.17, 15) is 4.79 Å². The Balaban J connectivity index is 1.62. The lowest BCUT2D eigenvalue weighted by atomic mass is 10.1. The second kappa shape index (κ2) is 6.33. The summed E-state index contributed by atoms with van der Waals surface area (Å²) >= 11 is 1.58. The van der Waals surface area contributed by atoms with Crippen molar-refractivity contribution in [3.8, 4) is 5.75 Å². The van der Waals surface area contributed by atoms with Gasteiger partial charge >= 0.3 is 0 Å². The van der Waals surface area contributed by atoms with Gasteiger partial charge in [0, 0.05) is 18.8 Å². The van der Waals surface area contributed by atoms with E-state index in [2.05, 4.69) is 14.9 Å². The summed E-state index contributed by atoms with van der Waals surface area (Å²) in [6.45, 7) is 3.27. The van der Waals surface area contributed by atoms with Crippen LogP contribution in [0.2, 0.25) is 0 Å². The van der Waals surface area contributed by atoms with Crippen LogP contribution >= 0.6 is 11.3 Å². The molecule has 1 fully saturated rings.